The minimum Gasteiger partial charge on any atom is -0.313 e. The molecule has 86 valence electrons. The monoisotopic (exact) mass is 236 g/mol. The number of H-pyrrole nitrogens is 1. The number of hydrogen-bond acceptors (Lipinski definition) is 6. The van der Waals surface area contributed by atoms with Gasteiger partial charge < -0.3 is 4.98 Å². The molecule has 1 N–H and O–H groups in total. The molecule has 1 heterocycles. The van der Waals surface area contributed by atoms with Crippen molar-refractivity contribution in [3.63, 3.8) is 0 Å². The molecule has 2 rings (SSSR count). The third-order valence-electron chi connectivity index (χ3n) is 2.13. The van der Waals surface area contributed by atoms with Gasteiger partial charge in [0, 0.05) is 6.07 Å². The van der Waals surface area contributed by atoms with E-state index in [1.807, 2.05) is 0 Å². The number of aromatic nitrogens is 2. The second-order valence-corrected chi connectivity index (χ2v) is 3.10. The average molecular weight is 236 g/mol. The fraction of sp³-hybridized carbons (Fsp3) is 0. The zero-order valence-electron chi connectivity index (χ0n) is 8.11. The van der Waals surface area contributed by atoms with E-state index in [1.54, 1.807) is 0 Å². The summed E-state index contributed by atoms with van der Waals surface area (Å²) in [5.41, 5.74) is -1.99. The van der Waals surface area contributed by atoms with Crippen LogP contribution in [0.15, 0.2) is 23.3 Å². The van der Waals surface area contributed by atoms with Crippen LogP contribution in [0.1, 0.15) is 0 Å². The molecular weight excluding hydrogens is 232 g/mol. The van der Waals surface area contributed by atoms with E-state index in [0.29, 0.717) is 0 Å². The molecule has 0 radical (unpaired) electrons. The van der Waals surface area contributed by atoms with Crippen molar-refractivity contribution in [2.45, 2.75) is 0 Å². The highest BCUT2D eigenvalue weighted by Crippen LogP contribution is 2.29. The molecule has 1 aromatic carbocycles. The number of hydrogen-bond donors (Lipinski definition) is 1. The van der Waals surface area contributed by atoms with Gasteiger partial charge in [-0.3, -0.25) is 25.0 Å². The summed E-state index contributed by atoms with van der Waals surface area (Å²) in [5.74, 6) is 0. The fourth-order valence-corrected chi connectivity index (χ4v) is 1.39. The highest BCUT2D eigenvalue weighted by molar-refractivity contribution is 5.84. The minimum atomic E-state index is -0.913. The molecule has 0 saturated carbocycles. The average Bonchev–Trinajstić information content (AvgIpc) is 2.27. The van der Waals surface area contributed by atoms with E-state index in [-0.39, 0.29) is 10.9 Å². The lowest BCUT2D eigenvalue weighted by atomic mass is 10.2. The van der Waals surface area contributed by atoms with E-state index in [2.05, 4.69) is 9.97 Å². The summed E-state index contributed by atoms with van der Waals surface area (Å²) in [6.45, 7) is 0. The Labute approximate surface area is 92.0 Å². The van der Waals surface area contributed by atoms with E-state index in [4.69, 9.17) is 0 Å². The van der Waals surface area contributed by atoms with E-state index < -0.39 is 26.8 Å². The van der Waals surface area contributed by atoms with Crippen LogP contribution in [0.2, 0.25) is 0 Å². The first-order chi connectivity index (χ1) is 8.00. The van der Waals surface area contributed by atoms with Crippen molar-refractivity contribution >= 4 is 22.3 Å². The Balaban J connectivity index is 2.92. The Bertz CT molecular complexity index is 692. The largest absolute Gasteiger partial charge is 0.348 e. The van der Waals surface area contributed by atoms with Crippen LogP contribution in [0, 0.1) is 20.2 Å². The first kappa shape index (κ1) is 10.7. The van der Waals surface area contributed by atoms with Crippen molar-refractivity contribution in [3.8, 4) is 0 Å². The summed E-state index contributed by atoms with van der Waals surface area (Å²) in [5, 5.41) is 21.2. The molecule has 9 nitrogen and oxygen atoms in total. The molecule has 0 bridgehead atoms. The predicted molar refractivity (Wildman–Crippen MR) is 55.7 cm³/mol. The Morgan fingerprint density at radius 2 is 1.71 bits per heavy atom. The van der Waals surface area contributed by atoms with Crippen molar-refractivity contribution in [1.82, 2.24) is 9.97 Å². The highest BCUT2D eigenvalue weighted by Gasteiger charge is 2.25. The van der Waals surface area contributed by atoms with E-state index in [0.717, 1.165) is 18.5 Å². The number of nitro groups is 2. The lowest BCUT2D eigenvalue weighted by molar-refractivity contribution is -0.422. The highest BCUT2D eigenvalue weighted by atomic mass is 16.6. The summed E-state index contributed by atoms with van der Waals surface area (Å²) in [4.78, 5) is 36.8. The molecule has 0 amide bonds. The number of rotatable bonds is 2. The van der Waals surface area contributed by atoms with Crippen LogP contribution < -0.4 is 5.56 Å². The van der Waals surface area contributed by atoms with Gasteiger partial charge in [0.2, 0.25) is 0 Å². The normalized spacial score (nSPS) is 10.4. The maximum Gasteiger partial charge on any atom is 0.348 e. The number of fused-ring (bicyclic) bond motifs is 1. The summed E-state index contributed by atoms with van der Waals surface area (Å²) >= 11 is 0. The molecule has 0 saturated heterocycles. The fourth-order valence-electron chi connectivity index (χ4n) is 1.39. The van der Waals surface area contributed by atoms with Gasteiger partial charge >= 0.3 is 11.4 Å². The van der Waals surface area contributed by atoms with Crippen LogP contribution in [0.4, 0.5) is 11.4 Å². The maximum absolute atomic E-state index is 11.3. The molecule has 0 aliphatic heterocycles. The Hall–Kier alpha value is -2.84. The van der Waals surface area contributed by atoms with Crippen LogP contribution in [0.5, 0.6) is 0 Å². The molecule has 2 aromatic rings. The second kappa shape index (κ2) is 3.63. The van der Waals surface area contributed by atoms with Gasteiger partial charge in [-0.25, -0.2) is 4.98 Å². The molecule has 0 spiro atoms. The van der Waals surface area contributed by atoms with Gasteiger partial charge in [0.05, 0.1) is 33.1 Å². The van der Waals surface area contributed by atoms with Crippen LogP contribution in [-0.4, -0.2) is 19.8 Å². The molecule has 0 atom stereocenters. The maximum atomic E-state index is 11.3. The van der Waals surface area contributed by atoms with Gasteiger partial charge in [-0.05, 0) is 0 Å². The van der Waals surface area contributed by atoms with Gasteiger partial charge in [0.1, 0.15) is 0 Å². The van der Waals surface area contributed by atoms with Crippen LogP contribution in [0.25, 0.3) is 10.9 Å². The zero-order chi connectivity index (χ0) is 12.6. The van der Waals surface area contributed by atoms with E-state index in [1.165, 1.54) is 0 Å². The molecule has 17 heavy (non-hydrogen) atoms. The minimum absolute atomic E-state index is 0.0334. The lowest BCUT2D eigenvalue weighted by Gasteiger charge is -1.97. The van der Waals surface area contributed by atoms with Crippen molar-refractivity contribution in [1.29, 1.82) is 0 Å². The third kappa shape index (κ3) is 1.69. The van der Waals surface area contributed by atoms with Crippen molar-refractivity contribution in [2.75, 3.05) is 0 Å². The lowest BCUT2D eigenvalue weighted by Crippen LogP contribution is -2.07. The Morgan fingerprint density at radius 3 is 2.29 bits per heavy atom. The summed E-state index contributed by atoms with van der Waals surface area (Å²) in [6.07, 6.45) is 1.07. The number of nitrogens with one attached hydrogen (secondary N) is 1. The van der Waals surface area contributed by atoms with Gasteiger partial charge in [-0.1, -0.05) is 0 Å². The molecular formula is C8H4N4O5. The summed E-state index contributed by atoms with van der Waals surface area (Å²) in [6, 6.07) is 1.75. The Morgan fingerprint density at radius 1 is 1.12 bits per heavy atom. The van der Waals surface area contributed by atoms with E-state index in [9.17, 15) is 25.0 Å². The molecule has 0 aliphatic rings. The van der Waals surface area contributed by atoms with Crippen LogP contribution in [-0.2, 0) is 0 Å². The molecule has 0 unspecified atom stereocenters. The van der Waals surface area contributed by atoms with Crippen molar-refractivity contribution in [2.24, 2.45) is 0 Å². The van der Waals surface area contributed by atoms with Crippen molar-refractivity contribution in [3.05, 3.63) is 49.0 Å². The van der Waals surface area contributed by atoms with Crippen LogP contribution >= 0.6 is 0 Å². The number of nitrogens with zero attached hydrogens (tertiary/aromatic N) is 3. The van der Waals surface area contributed by atoms with Gasteiger partial charge in [-0.2, -0.15) is 0 Å². The molecule has 9 heteroatoms. The number of aromatic amines is 1. The summed E-state index contributed by atoms with van der Waals surface area (Å²) in [7, 11) is 0. The second-order valence-electron chi connectivity index (χ2n) is 3.10. The van der Waals surface area contributed by atoms with Gasteiger partial charge in [-0.15, -0.1) is 0 Å². The standard InChI is InChI=1S/C8H4N4O5/c13-8-4-1-6(11(14)15)7(12(16)17)2-5(4)9-3-10-8/h1-3H,(H,9,10,13). The zero-order valence-corrected chi connectivity index (χ0v) is 8.11. The Kier molecular flexibility index (Phi) is 2.28. The van der Waals surface area contributed by atoms with Gasteiger partial charge in [0.25, 0.3) is 5.56 Å². The SMILES string of the molecule is O=c1[nH]cnc2cc([N+](=O)[O-])c([N+](=O)[O-])cc12. The smallest absolute Gasteiger partial charge is 0.313 e. The van der Waals surface area contributed by atoms with Gasteiger partial charge in [0.15, 0.2) is 0 Å². The first-order valence-electron chi connectivity index (χ1n) is 4.31. The quantitative estimate of drug-likeness (QED) is 0.603. The molecule has 0 aliphatic carbocycles. The topological polar surface area (TPSA) is 132 Å². The predicted octanol–water partition coefficient (Wildman–Crippen LogP) is 0.739. The number of benzene rings is 1. The first-order valence-corrected chi connectivity index (χ1v) is 4.31. The summed E-state index contributed by atoms with van der Waals surface area (Å²) < 4.78 is 0. The van der Waals surface area contributed by atoms with Crippen LogP contribution in [0.3, 0.4) is 0 Å². The number of nitro benzene ring substituents is 2. The molecule has 0 fully saturated rings. The third-order valence-corrected chi connectivity index (χ3v) is 2.13. The van der Waals surface area contributed by atoms with E-state index >= 15 is 0 Å². The van der Waals surface area contributed by atoms with Crippen molar-refractivity contribution < 1.29 is 9.85 Å². The molecule has 1 aromatic heterocycles.